The van der Waals surface area contributed by atoms with Crippen LogP contribution in [0.5, 0.6) is 17.2 Å². The number of nitrogens with one attached hydrogen (secondary N) is 1. The van der Waals surface area contributed by atoms with Crippen molar-refractivity contribution in [3.8, 4) is 17.2 Å². The summed E-state index contributed by atoms with van der Waals surface area (Å²) in [6.07, 6.45) is 1.70. The highest BCUT2D eigenvalue weighted by atomic mass is 32.1. The number of fused-ring (bicyclic) bond motifs is 1. The van der Waals surface area contributed by atoms with Crippen molar-refractivity contribution in [2.24, 2.45) is 4.99 Å². The van der Waals surface area contributed by atoms with E-state index < -0.39 is 6.04 Å². The third-order valence-electron chi connectivity index (χ3n) is 6.31. The fourth-order valence-electron chi connectivity index (χ4n) is 4.51. The molecule has 2 heterocycles. The fraction of sp³-hybridized carbons (Fsp3) is 0.167. The van der Waals surface area contributed by atoms with E-state index in [4.69, 9.17) is 9.47 Å². The minimum atomic E-state index is -0.702. The molecule has 0 saturated heterocycles. The number of carbonyl (C=O) groups excluding carboxylic acids is 1. The first-order chi connectivity index (χ1) is 18.9. The maximum atomic E-state index is 13.8. The maximum absolute atomic E-state index is 13.8. The molecule has 0 fully saturated rings. The lowest BCUT2D eigenvalue weighted by Crippen LogP contribution is -2.40. The van der Waals surface area contributed by atoms with Gasteiger partial charge in [-0.3, -0.25) is 14.2 Å². The van der Waals surface area contributed by atoms with Gasteiger partial charge in [0, 0.05) is 5.69 Å². The molecule has 0 saturated carbocycles. The van der Waals surface area contributed by atoms with Crippen molar-refractivity contribution in [1.29, 1.82) is 0 Å². The summed E-state index contributed by atoms with van der Waals surface area (Å²) in [5.41, 5.74) is 2.64. The Hall–Kier alpha value is -4.63. The van der Waals surface area contributed by atoms with E-state index in [1.54, 1.807) is 41.8 Å². The lowest BCUT2D eigenvalue weighted by molar-refractivity contribution is -0.113. The molecule has 1 aliphatic heterocycles. The van der Waals surface area contributed by atoms with Gasteiger partial charge in [-0.05, 0) is 67.4 Å². The van der Waals surface area contributed by atoms with Gasteiger partial charge in [0.05, 0.1) is 35.6 Å². The van der Waals surface area contributed by atoms with Gasteiger partial charge in [0.15, 0.2) is 16.3 Å². The Morgan fingerprint density at radius 2 is 1.87 bits per heavy atom. The van der Waals surface area contributed by atoms with Crippen LogP contribution in [-0.4, -0.2) is 29.3 Å². The monoisotopic (exact) mass is 541 g/mol. The van der Waals surface area contributed by atoms with Gasteiger partial charge in [0.1, 0.15) is 5.75 Å². The number of para-hydroxylation sites is 1. The van der Waals surface area contributed by atoms with Crippen LogP contribution >= 0.6 is 11.3 Å². The normalized spacial score (nSPS) is 14.9. The van der Waals surface area contributed by atoms with Crippen molar-refractivity contribution in [2.75, 3.05) is 19.0 Å². The highest BCUT2D eigenvalue weighted by Gasteiger charge is 2.32. The molecule has 198 valence electrons. The summed E-state index contributed by atoms with van der Waals surface area (Å²) in [6, 6.07) is 20.8. The lowest BCUT2D eigenvalue weighted by Gasteiger charge is -2.25. The summed E-state index contributed by atoms with van der Waals surface area (Å²) in [5, 5.41) is 13.1. The first-order valence-corrected chi connectivity index (χ1v) is 13.2. The van der Waals surface area contributed by atoms with E-state index in [9.17, 15) is 14.7 Å². The maximum Gasteiger partial charge on any atom is 0.271 e. The van der Waals surface area contributed by atoms with Gasteiger partial charge in [0.2, 0.25) is 0 Å². The van der Waals surface area contributed by atoms with E-state index in [2.05, 4.69) is 10.3 Å². The number of allylic oxidation sites excluding steroid dienone is 1. The number of aromatic hydroxyl groups is 1. The molecular weight excluding hydrogens is 514 g/mol. The Balaban J connectivity index is 1.65. The second-order valence-corrected chi connectivity index (χ2v) is 9.84. The summed E-state index contributed by atoms with van der Waals surface area (Å²) in [7, 11) is 1.47. The number of nitrogens with zero attached hydrogens (tertiary/aromatic N) is 2. The quantitative estimate of drug-likeness (QED) is 0.369. The molecule has 39 heavy (non-hydrogen) atoms. The number of hydrogen-bond donors (Lipinski definition) is 2. The lowest BCUT2D eigenvalue weighted by atomic mass is 9.95. The average molecular weight is 542 g/mol. The number of hydrogen-bond acceptors (Lipinski definition) is 7. The molecule has 4 aromatic rings. The van der Waals surface area contributed by atoms with Crippen LogP contribution in [0.4, 0.5) is 5.69 Å². The Morgan fingerprint density at radius 3 is 2.54 bits per heavy atom. The molecule has 1 atom stereocenters. The first kappa shape index (κ1) is 26.0. The molecule has 9 heteroatoms. The summed E-state index contributed by atoms with van der Waals surface area (Å²) in [6.45, 7) is 4.21. The van der Waals surface area contributed by atoms with Gasteiger partial charge in [-0.1, -0.05) is 47.7 Å². The van der Waals surface area contributed by atoms with E-state index in [0.29, 0.717) is 50.0 Å². The van der Waals surface area contributed by atoms with Crippen LogP contribution in [0.3, 0.4) is 0 Å². The van der Waals surface area contributed by atoms with Gasteiger partial charge in [0.25, 0.3) is 11.5 Å². The number of ether oxygens (including phenoxy) is 2. The van der Waals surface area contributed by atoms with Crippen LogP contribution < -0.4 is 29.7 Å². The van der Waals surface area contributed by atoms with Gasteiger partial charge in [-0.25, -0.2) is 4.99 Å². The second kappa shape index (κ2) is 11.0. The van der Waals surface area contributed by atoms with Crippen molar-refractivity contribution in [3.63, 3.8) is 0 Å². The Kier molecular flexibility index (Phi) is 7.33. The minimum absolute atomic E-state index is 0.0259. The van der Waals surface area contributed by atoms with Crippen molar-refractivity contribution in [2.45, 2.75) is 19.9 Å². The predicted octanol–water partition coefficient (Wildman–Crippen LogP) is 3.99. The molecule has 0 aliphatic carbocycles. The number of rotatable bonds is 7. The van der Waals surface area contributed by atoms with E-state index in [-0.39, 0.29) is 17.2 Å². The number of phenols is 1. The van der Waals surface area contributed by atoms with Gasteiger partial charge >= 0.3 is 0 Å². The molecule has 2 N–H and O–H groups in total. The molecular formula is C30H27N3O5S. The minimum Gasteiger partial charge on any atom is -0.504 e. The van der Waals surface area contributed by atoms with Crippen LogP contribution in [0.15, 0.2) is 93.9 Å². The van der Waals surface area contributed by atoms with Crippen molar-refractivity contribution in [3.05, 3.63) is 115 Å². The fourth-order valence-corrected chi connectivity index (χ4v) is 5.55. The van der Waals surface area contributed by atoms with Crippen molar-refractivity contribution < 1.29 is 19.4 Å². The van der Waals surface area contributed by atoms with Crippen LogP contribution in [0.1, 0.15) is 31.0 Å². The molecule has 0 radical (unpaired) electrons. The van der Waals surface area contributed by atoms with Crippen LogP contribution in [-0.2, 0) is 4.79 Å². The molecule has 1 aliphatic rings. The zero-order chi connectivity index (χ0) is 27.5. The van der Waals surface area contributed by atoms with Gasteiger partial charge in [-0.15, -0.1) is 0 Å². The standard InChI is InChI=1S/C30H27N3O5S/c1-4-38-22-13-11-20(12-14-22)27-26(28(35)32-21-8-6-5-7-9-21)18(2)31-30-33(27)29(36)25(39-30)17-19-10-15-24(37-3)23(34)16-19/h5-17,27,34H,4H2,1-3H3,(H,32,35)/b25-17-/t27-/m0/s1. The molecule has 0 bridgehead atoms. The highest BCUT2D eigenvalue weighted by Crippen LogP contribution is 2.32. The van der Waals surface area contributed by atoms with Crippen LogP contribution in [0.2, 0.25) is 0 Å². The molecule has 0 unspecified atom stereocenters. The predicted molar refractivity (Wildman–Crippen MR) is 151 cm³/mol. The smallest absolute Gasteiger partial charge is 0.271 e. The third kappa shape index (κ3) is 5.21. The molecule has 3 aromatic carbocycles. The van der Waals surface area contributed by atoms with E-state index in [1.807, 2.05) is 49.4 Å². The summed E-state index contributed by atoms with van der Waals surface area (Å²) < 4.78 is 12.7. The van der Waals surface area contributed by atoms with Crippen LogP contribution in [0, 0.1) is 0 Å². The summed E-state index contributed by atoms with van der Waals surface area (Å²) in [4.78, 5) is 32.6. The van der Waals surface area contributed by atoms with Crippen molar-refractivity contribution >= 4 is 29.0 Å². The van der Waals surface area contributed by atoms with E-state index in [1.165, 1.54) is 24.5 Å². The second-order valence-electron chi connectivity index (χ2n) is 8.84. The Bertz CT molecular complexity index is 1740. The number of carbonyl (C=O) groups is 1. The zero-order valence-corrected chi connectivity index (χ0v) is 22.5. The number of amides is 1. The van der Waals surface area contributed by atoms with Gasteiger partial charge < -0.3 is 19.9 Å². The van der Waals surface area contributed by atoms with E-state index in [0.717, 1.165) is 5.56 Å². The molecule has 1 aromatic heterocycles. The topological polar surface area (TPSA) is 102 Å². The average Bonchev–Trinajstić information content (AvgIpc) is 3.23. The first-order valence-electron chi connectivity index (χ1n) is 12.4. The van der Waals surface area contributed by atoms with E-state index >= 15 is 0 Å². The molecule has 0 spiro atoms. The third-order valence-corrected chi connectivity index (χ3v) is 7.29. The molecule has 8 nitrogen and oxygen atoms in total. The zero-order valence-electron chi connectivity index (χ0n) is 21.7. The summed E-state index contributed by atoms with van der Waals surface area (Å²) >= 11 is 1.23. The SMILES string of the molecule is CCOc1ccc([C@H]2C(C(=O)Nc3ccccc3)=C(C)N=c3s/c(=C\c4ccc(OC)c(O)c4)c(=O)n32)cc1. The summed E-state index contributed by atoms with van der Waals surface area (Å²) in [5.74, 6) is 0.676. The number of anilines is 1. The number of methoxy groups -OCH3 is 1. The van der Waals surface area contributed by atoms with Crippen molar-refractivity contribution in [1.82, 2.24) is 4.57 Å². The molecule has 5 rings (SSSR count). The molecule has 1 amide bonds. The number of aromatic nitrogens is 1. The largest absolute Gasteiger partial charge is 0.504 e. The Labute approximate surface area is 228 Å². The van der Waals surface area contributed by atoms with Gasteiger partial charge in [-0.2, -0.15) is 0 Å². The Morgan fingerprint density at radius 1 is 1.13 bits per heavy atom. The van der Waals surface area contributed by atoms with Crippen LogP contribution in [0.25, 0.3) is 6.08 Å². The number of phenolic OH excluding ortho intramolecular Hbond substituents is 1. The number of benzene rings is 3. The highest BCUT2D eigenvalue weighted by molar-refractivity contribution is 7.07. The number of thiazole rings is 1.